The van der Waals surface area contributed by atoms with Gasteiger partial charge >= 0.3 is 0 Å². The third-order valence-corrected chi connectivity index (χ3v) is 6.80. The summed E-state index contributed by atoms with van der Waals surface area (Å²) in [6, 6.07) is 2.13. The maximum Gasteiger partial charge on any atom is 0.253 e. The Morgan fingerprint density at radius 1 is 1.07 bits per heavy atom. The molecular formula is C22H34N4O2. The number of likely N-dealkylation sites (tertiary alicyclic amines) is 2. The molecule has 2 unspecified atom stereocenters. The van der Waals surface area contributed by atoms with E-state index >= 15 is 0 Å². The lowest BCUT2D eigenvalue weighted by Crippen LogP contribution is -2.48. The zero-order chi connectivity index (χ0) is 19.5. The van der Waals surface area contributed by atoms with E-state index in [0.717, 1.165) is 82.6 Å². The van der Waals surface area contributed by atoms with E-state index in [4.69, 9.17) is 4.98 Å². The standard InChI is InChI=1S/C22H34N4O2/c1-17-8-4-6-12-25(17)22(28)16-24-11-7-9-18(15-24)19-14-21(27)26-13-5-2-3-10-20(26)23-19/h14,17-18H,2-13,15-16H2,1H3. The normalized spacial score (nSPS) is 26.5. The molecule has 2 fully saturated rings. The quantitative estimate of drug-likeness (QED) is 0.801. The molecule has 28 heavy (non-hydrogen) atoms. The second kappa shape index (κ2) is 8.76. The topological polar surface area (TPSA) is 58.4 Å². The van der Waals surface area contributed by atoms with Gasteiger partial charge in [0.25, 0.3) is 5.56 Å². The summed E-state index contributed by atoms with van der Waals surface area (Å²) in [5.41, 5.74) is 1.05. The first-order valence-corrected chi connectivity index (χ1v) is 11.2. The lowest BCUT2D eigenvalue weighted by molar-refractivity contribution is -0.136. The fourth-order valence-corrected chi connectivity index (χ4v) is 5.13. The van der Waals surface area contributed by atoms with Crippen LogP contribution >= 0.6 is 0 Å². The van der Waals surface area contributed by atoms with Crippen LogP contribution in [0.25, 0.3) is 0 Å². The molecule has 6 heteroatoms. The van der Waals surface area contributed by atoms with Crippen LogP contribution in [0.1, 0.15) is 75.7 Å². The Kier molecular flexibility index (Phi) is 6.14. The van der Waals surface area contributed by atoms with Crippen LogP contribution in [0.5, 0.6) is 0 Å². The van der Waals surface area contributed by atoms with Gasteiger partial charge in [-0.3, -0.25) is 19.1 Å². The number of aryl methyl sites for hydroxylation is 1. The molecule has 4 rings (SSSR count). The van der Waals surface area contributed by atoms with Crippen molar-refractivity contribution in [2.24, 2.45) is 0 Å². The Hall–Kier alpha value is -1.69. The van der Waals surface area contributed by atoms with E-state index in [1.165, 1.54) is 12.8 Å². The van der Waals surface area contributed by atoms with E-state index in [1.807, 2.05) is 4.57 Å². The molecule has 1 aromatic heterocycles. The molecule has 3 aliphatic rings. The summed E-state index contributed by atoms with van der Waals surface area (Å²) in [5, 5.41) is 0. The van der Waals surface area contributed by atoms with Crippen LogP contribution in [0, 0.1) is 0 Å². The molecule has 0 aliphatic carbocycles. The molecule has 4 heterocycles. The van der Waals surface area contributed by atoms with Gasteiger partial charge in [0.1, 0.15) is 5.82 Å². The molecule has 6 nitrogen and oxygen atoms in total. The fourth-order valence-electron chi connectivity index (χ4n) is 5.13. The maximum atomic E-state index is 12.8. The van der Waals surface area contributed by atoms with Gasteiger partial charge in [0.05, 0.1) is 12.2 Å². The zero-order valence-electron chi connectivity index (χ0n) is 17.2. The third kappa shape index (κ3) is 4.32. The van der Waals surface area contributed by atoms with Crippen molar-refractivity contribution in [1.29, 1.82) is 0 Å². The van der Waals surface area contributed by atoms with E-state index < -0.39 is 0 Å². The van der Waals surface area contributed by atoms with Crippen molar-refractivity contribution in [1.82, 2.24) is 19.4 Å². The number of rotatable bonds is 3. The van der Waals surface area contributed by atoms with E-state index in [1.54, 1.807) is 6.07 Å². The highest BCUT2D eigenvalue weighted by atomic mass is 16.2. The second-order valence-electron chi connectivity index (χ2n) is 8.90. The molecule has 2 atom stereocenters. The monoisotopic (exact) mass is 386 g/mol. The molecular weight excluding hydrogens is 352 g/mol. The Balaban J connectivity index is 1.44. The maximum absolute atomic E-state index is 12.8. The van der Waals surface area contributed by atoms with Crippen LogP contribution < -0.4 is 5.56 Å². The van der Waals surface area contributed by atoms with Crippen molar-refractivity contribution in [2.45, 2.75) is 83.2 Å². The predicted octanol–water partition coefficient (Wildman–Crippen LogP) is 2.55. The first-order chi connectivity index (χ1) is 13.6. The van der Waals surface area contributed by atoms with Crippen molar-refractivity contribution >= 4 is 5.91 Å². The van der Waals surface area contributed by atoms with Crippen molar-refractivity contribution in [3.05, 3.63) is 27.9 Å². The summed E-state index contributed by atoms with van der Waals surface area (Å²) in [4.78, 5) is 34.7. The number of hydrogen-bond acceptors (Lipinski definition) is 4. The molecule has 2 saturated heterocycles. The molecule has 1 aromatic rings. The summed E-state index contributed by atoms with van der Waals surface area (Å²) >= 11 is 0. The minimum absolute atomic E-state index is 0.109. The molecule has 3 aliphatic heterocycles. The van der Waals surface area contributed by atoms with Crippen LogP contribution in [0.2, 0.25) is 0 Å². The van der Waals surface area contributed by atoms with Crippen LogP contribution in [-0.2, 0) is 17.8 Å². The van der Waals surface area contributed by atoms with Gasteiger partial charge in [-0.15, -0.1) is 0 Å². The van der Waals surface area contributed by atoms with E-state index in [-0.39, 0.29) is 17.4 Å². The molecule has 0 radical (unpaired) electrons. The largest absolute Gasteiger partial charge is 0.339 e. The first kappa shape index (κ1) is 19.6. The molecule has 0 saturated carbocycles. The van der Waals surface area contributed by atoms with Gasteiger partial charge in [-0.1, -0.05) is 6.42 Å². The van der Waals surface area contributed by atoms with Gasteiger partial charge in [-0.25, -0.2) is 4.98 Å². The fraction of sp³-hybridized carbons (Fsp3) is 0.773. The number of fused-ring (bicyclic) bond motifs is 1. The van der Waals surface area contributed by atoms with Crippen molar-refractivity contribution in [2.75, 3.05) is 26.2 Å². The number of carbonyl (C=O) groups is 1. The number of hydrogen-bond donors (Lipinski definition) is 0. The minimum Gasteiger partial charge on any atom is -0.339 e. The summed E-state index contributed by atoms with van der Waals surface area (Å²) in [6.07, 6.45) is 9.87. The van der Waals surface area contributed by atoms with Crippen LogP contribution in [0.15, 0.2) is 10.9 Å². The summed E-state index contributed by atoms with van der Waals surface area (Å²) in [5.74, 6) is 1.50. The highest BCUT2D eigenvalue weighted by molar-refractivity contribution is 5.78. The molecule has 1 amide bonds. The minimum atomic E-state index is 0.109. The smallest absolute Gasteiger partial charge is 0.253 e. The van der Waals surface area contributed by atoms with Crippen LogP contribution in [0.4, 0.5) is 0 Å². The molecule has 0 bridgehead atoms. The van der Waals surface area contributed by atoms with Gasteiger partial charge in [0.15, 0.2) is 0 Å². The van der Waals surface area contributed by atoms with Gasteiger partial charge in [-0.05, 0) is 58.4 Å². The Morgan fingerprint density at radius 3 is 2.79 bits per heavy atom. The van der Waals surface area contributed by atoms with Crippen LogP contribution in [-0.4, -0.2) is 57.5 Å². The van der Waals surface area contributed by atoms with E-state index in [9.17, 15) is 9.59 Å². The van der Waals surface area contributed by atoms with Crippen molar-refractivity contribution < 1.29 is 4.79 Å². The zero-order valence-corrected chi connectivity index (χ0v) is 17.2. The third-order valence-electron chi connectivity index (χ3n) is 6.80. The van der Waals surface area contributed by atoms with Gasteiger partial charge < -0.3 is 4.90 Å². The first-order valence-electron chi connectivity index (χ1n) is 11.2. The summed E-state index contributed by atoms with van der Waals surface area (Å²) in [7, 11) is 0. The average Bonchev–Trinajstić information content (AvgIpc) is 2.94. The molecule has 154 valence electrons. The average molecular weight is 387 g/mol. The number of carbonyl (C=O) groups excluding carboxylic acids is 1. The van der Waals surface area contributed by atoms with Crippen LogP contribution in [0.3, 0.4) is 0 Å². The number of nitrogens with zero attached hydrogens (tertiary/aromatic N) is 4. The van der Waals surface area contributed by atoms with E-state index in [0.29, 0.717) is 12.6 Å². The number of amides is 1. The summed E-state index contributed by atoms with van der Waals surface area (Å²) in [6.45, 7) is 6.19. The second-order valence-corrected chi connectivity index (χ2v) is 8.90. The molecule has 0 N–H and O–H groups in total. The van der Waals surface area contributed by atoms with Crippen molar-refractivity contribution in [3.8, 4) is 0 Å². The van der Waals surface area contributed by atoms with Gasteiger partial charge in [-0.2, -0.15) is 0 Å². The Labute approximate surface area is 167 Å². The highest BCUT2D eigenvalue weighted by Gasteiger charge is 2.28. The molecule has 0 aromatic carbocycles. The SMILES string of the molecule is CC1CCCCN1C(=O)CN1CCCC(c2cc(=O)n3c(n2)CCCCC3)C1. The predicted molar refractivity (Wildman–Crippen MR) is 109 cm³/mol. The van der Waals surface area contributed by atoms with Gasteiger partial charge in [0.2, 0.25) is 5.91 Å². The Bertz CT molecular complexity index is 759. The number of piperidine rings is 2. The number of aromatic nitrogens is 2. The van der Waals surface area contributed by atoms with E-state index in [2.05, 4.69) is 16.7 Å². The lowest BCUT2D eigenvalue weighted by Gasteiger charge is -2.37. The summed E-state index contributed by atoms with van der Waals surface area (Å²) < 4.78 is 1.87. The van der Waals surface area contributed by atoms with Crippen molar-refractivity contribution in [3.63, 3.8) is 0 Å². The molecule has 0 spiro atoms. The van der Waals surface area contributed by atoms with Gasteiger partial charge in [0, 0.05) is 44.1 Å². The Morgan fingerprint density at radius 2 is 1.93 bits per heavy atom. The highest BCUT2D eigenvalue weighted by Crippen LogP contribution is 2.26. The lowest BCUT2D eigenvalue weighted by atomic mass is 9.94.